The molecular formula is C19H18N6O2. The molecule has 1 aliphatic heterocycles. The van der Waals surface area contributed by atoms with Crippen LogP contribution in [-0.4, -0.2) is 40.2 Å². The Kier molecular flexibility index (Phi) is 4.29. The lowest BCUT2D eigenvalue weighted by atomic mass is 10.1. The number of fused-ring (bicyclic) bond motifs is 1. The molecule has 0 atom stereocenters. The van der Waals surface area contributed by atoms with E-state index in [9.17, 15) is 9.59 Å². The Balaban J connectivity index is 1.47. The van der Waals surface area contributed by atoms with Crippen LogP contribution >= 0.6 is 0 Å². The Morgan fingerprint density at radius 3 is 2.96 bits per heavy atom. The monoisotopic (exact) mass is 362 g/mol. The Bertz CT molecular complexity index is 998. The summed E-state index contributed by atoms with van der Waals surface area (Å²) < 4.78 is 1.71. The van der Waals surface area contributed by atoms with Gasteiger partial charge in [-0.25, -0.2) is 0 Å². The normalized spacial score (nSPS) is 13.1. The summed E-state index contributed by atoms with van der Waals surface area (Å²) >= 11 is 0. The van der Waals surface area contributed by atoms with Gasteiger partial charge >= 0.3 is 0 Å². The molecule has 0 fully saturated rings. The fraction of sp³-hybridized carbons (Fsp3) is 0.158. The topological polar surface area (TPSA) is 92.2 Å². The van der Waals surface area contributed by atoms with Crippen LogP contribution in [0.3, 0.4) is 0 Å². The average molecular weight is 362 g/mol. The van der Waals surface area contributed by atoms with Gasteiger partial charge in [0.25, 0.3) is 5.91 Å². The molecule has 136 valence electrons. The molecule has 1 aliphatic rings. The van der Waals surface area contributed by atoms with E-state index >= 15 is 0 Å². The maximum Gasteiger partial charge on any atom is 0.256 e. The van der Waals surface area contributed by atoms with Crippen LogP contribution in [0.25, 0.3) is 0 Å². The minimum Gasteiger partial charge on any atom is -0.364 e. The number of hydrogen-bond acceptors (Lipinski definition) is 5. The van der Waals surface area contributed by atoms with E-state index in [0.717, 1.165) is 11.4 Å². The summed E-state index contributed by atoms with van der Waals surface area (Å²) in [4.78, 5) is 30.3. The molecule has 3 aromatic rings. The molecule has 4 rings (SSSR count). The van der Waals surface area contributed by atoms with E-state index in [1.807, 2.05) is 36.2 Å². The van der Waals surface area contributed by atoms with E-state index in [4.69, 9.17) is 0 Å². The molecule has 0 bridgehead atoms. The molecule has 2 N–H and O–H groups in total. The molecular weight excluding hydrogens is 344 g/mol. The van der Waals surface area contributed by atoms with Crippen LogP contribution in [0.1, 0.15) is 16.1 Å². The van der Waals surface area contributed by atoms with Gasteiger partial charge in [-0.1, -0.05) is 6.07 Å². The average Bonchev–Trinajstić information content (AvgIpc) is 3.08. The molecule has 2 aromatic heterocycles. The van der Waals surface area contributed by atoms with Crippen molar-refractivity contribution in [3.05, 3.63) is 66.1 Å². The van der Waals surface area contributed by atoms with E-state index in [1.165, 1.54) is 0 Å². The van der Waals surface area contributed by atoms with Gasteiger partial charge in [-0.2, -0.15) is 5.10 Å². The van der Waals surface area contributed by atoms with Crippen LogP contribution in [-0.2, 0) is 11.3 Å². The van der Waals surface area contributed by atoms with E-state index in [1.54, 1.807) is 35.3 Å². The number of nitrogens with zero attached hydrogens (tertiary/aromatic N) is 4. The van der Waals surface area contributed by atoms with Gasteiger partial charge in [-0.05, 0) is 30.3 Å². The zero-order chi connectivity index (χ0) is 18.8. The maximum absolute atomic E-state index is 12.5. The molecule has 0 saturated heterocycles. The van der Waals surface area contributed by atoms with Crippen molar-refractivity contribution < 1.29 is 9.59 Å². The summed E-state index contributed by atoms with van der Waals surface area (Å²) in [7, 11) is 1.84. The lowest BCUT2D eigenvalue weighted by molar-refractivity contribution is -0.115. The number of amides is 2. The minimum atomic E-state index is -0.289. The summed E-state index contributed by atoms with van der Waals surface area (Å²) in [5.41, 5.74) is 2.84. The summed E-state index contributed by atoms with van der Waals surface area (Å²) in [6.45, 7) is 0.820. The first-order chi connectivity index (χ1) is 13.1. The van der Waals surface area contributed by atoms with Gasteiger partial charge in [0, 0.05) is 31.1 Å². The van der Waals surface area contributed by atoms with Crippen LogP contribution in [0.5, 0.6) is 0 Å². The molecule has 27 heavy (non-hydrogen) atoms. The predicted octanol–water partition coefficient (Wildman–Crippen LogP) is 1.97. The lowest BCUT2D eigenvalue weighted by Crippen LogP contribution is -2.35. The number of carbonyl (C=O) groups excluding carboxylic acids is 2. The molecule has 0 radical (unpaired) electrons. The maximum atomic E-state index is 12.5. The zero-order valence-corrected chi connectivity index (χ0v) is 14.7. The highest BCUT2D eigenvalue weighted by Gasteiger charge is 2.20. The predicted molar refractivity (Wildman–Crippen MR) is 102 cm³/mol. The number of benzene rings is 1. The van der Waals surface area contributed by atoms with Crippen molar-refractivity contribution in [2.24, 2.45) is 0 Å². The van der Waals surface area contributed by atoms with E-state index in [0.29, 0.717) is 30.2 Å². The number of hydrogen-bond donors (Lipinski definition) is 2. The molecule has 3 heterocycles. The number of carbonyl (C=O) groups is 2. The zero-order valence-electron chi connectivity index (χ0n) is 14.7. The smallest absolute Gasteiger partial charge is 0.256 e. The highest BCUT2D eigenvalue weighted by atomic mass is 16.2. The summed E-state index contributed by atoms with van der Waals surface area (Å²) in [5.74, 6) is 0.0639. The molecule has 8 heteroatoms. The van der Waals surface area contributed by atoms with E-state index < -0.39 is 0 Å². The van der Waals surface area contributed by atoms with Crippen LogP contribution in [0.2, 0.25) is 0 Å². The quantitative estimate of drug-likeness (QED) is 0.740. The van der Waals surface area contributed by atoms with Crippen molar-refractivity contribution >= 4 is 29.0 Å². The Labute approximate surface area is 155 Å². The first-order valence-electron chi connectivity index (χ1n) is 8.48. The second kappa shape index (κ2) is 6.91. The van der Waals surface area contributed by atoms with Crippen molar-refractivity contribution in [1.29, 1.82) is 0 Å². The van der Waals surface area contributed by atoms with Gasteiger partial charge in [-0.3, -0.25) is 19.3 Å². The number of aromatic nitrogens is 3. The van der Waals surface area contributed by atoms with Crippen LogP contribution in [0, 0.1) is 0 Å². The highest BCUT2D eigenvalue weighted by Crippen LogP contribution is 2.29. The minimum absolute atomic E-state index is 0.101. The Morgan fingerprint density at radius 2 is 2.15 bits per heavy atom. The summed E-state index contributed by atoms with van der Waals surface area (Å²) in [6, 6.07) is 12.6. The molecule has 2 amide bonds. The first-order valence-corrected chi connectivity index (χ1v) is 8.48. The van der Waals surface area contributed by atoms with Gasteiger partial charge in [0.05, 0.1) is 30.2 Å². The fourth-order valence-corrected chi connectivity index (χ4v) is 2.96. The van der Waals surface area contributed by atoms with Crippen molar-refractivity contribution in [3.63, 3.8) is 0 Å². The second-order valence-electron chi connectivity index (χ2n) is 6.31. The number of rotatable bonds is 4. The van der Waals surface area contributed by atoms with Crippen molar-refractivity contribution in [2.75, 3.05) is 29.1 Å². The Hall–Kier alpha value is -3.68. The molecule has 0 spiro atoms. The summed E-state index contributed by atoms with van der Waals surface area (Å²) in [5, 5.41) is 9.92. The SMILES string of the molecule is CN1CC(=O)Nc2cc(C(=O)Nc3ccn(Cc4ccccn4)n3)ccc21. The second-order valence-corrected chi connectivity index (χ2v) is 6.31. The fourth-order valence-electron chi connectivity index (χ4n) is 2.96. The third kappa shape index (κ3) is 3.64. The van der Waals surface area contributed by atoms with Gasteiger partial charge in [-0.15, -0.1) is 0 Å². The van der Waals surface area contributed by atoms with Crippen molar-refractivity contribution in [1.82, 2.24) is 14.8 Å². The molecule has 0 aliphatic carbocycles. The number of nitrogens with one attached hydrogen (secondary N) is 2. The molecule has 1 aromatic carbocycles. The molecule has 0 unspecified atom stereocenters. The van der Waals surface area contributed by atoms with Gasteiger partial charge < -0.3 is 15.5 Å². The van der Waals surface area contributed by atoms with E-state index in [2.05, 4.69) is 20.7 Å². The third-order valence-corrected chi connectivity index (χ3v) is 4.26. The number of anilines is 3. The number of likely N-dealkylation sites (N-methyl/N-ethyl adjacent to an activating group) is 1. The first kappa shape index (κ1) is 16.8. The molecule has 8 nitrogen and oxygen atoms in total. The van der Waals surface area contributed by atoms with Crippen LogP contribution in [0.15, 0.2) is 54.9 Å². The molecule has 0 saturated carbocycles. The summed E-state index contributed by atoms with van der Waals surface area (Å²) in [6.07, 6.45) is 3.51. The lowest BCUT2D eigenvalue weighted by Gasteiger charge is -2.27. The number of pyridine rings is 1. The van der Waals surface area contributed by atoms with Gasteiger partial charge in [0.1, 0.15) is 0 Å². The van der Waals surface area contributed by atoms with Crippen LogP contribution < -0.4 is 15.5 Å². The van der Waals surface area contributed by atoms with Crippen LogP contribution in [0.4, 0.5) is 17.2 Å². The van der Waals surface area contributed by atoms with E-state index in [-0.39, 0.29) is 11.8 Å². The van der Waals surface area contributed by atoms with Crippen molar-refractivity contribution in [3.8, 4) is 0 Å². The third-order valence-electron chi connectivity index (χ3n) is 4.26. The highest BCUT2D eigenvalue weighted by molar-refractivity contribution is 6.07. The van der Waals surface area contributed by atoms with Crippen molar-refractivity contribution in [2.45, 2.75) is 6.54 Å². The Morgan fingerprint density at radius 1 is 1.26 bits per heavy atom. The van der Waals surface area contributed by atoms with Gasteiger partial charge in [0.2, 0.25) is 5.91 Å². The van der Waals surface area contributed by atoms with Gasteiger partial charge in [0.15, 0.2) is 5.82 Å². The largest absolute Gasteiger partial charge is 0.364 e. The standard InChI is InChI=1S/C19H18N6O2/c1-24-12-18(26)21-15-10-13(5-6-16(15)24)19(27)22-17-7-9-25(23-17)11-14-4-2-3-8-20-14/h2-10H,11-12H2,1H3,(H,21,26)(H,22,23,27).